The van der Waals surface area contributed by atoms with Gasteiger partial charge in [-0.05, 0) is 69.5 Å². The van der Waals surface area contributed by atoms with Crippen LogP contribution in [0.5, 0.6) is 11.5 Å². The zero-order valence-electron chi connectivity index (χ0n) is 19.5. The fourth-order valence-corrected chi connectivity index (χ4v) is 7.38. The number of aromatic hydroxyl groups is 1. The first-order valence-electron chi connectivity index (χ1n) is 12.5. The number of amides is 1. The normalized spacial score (nSPS) is 36.8. The number of nitrogens with zero attached hydrogens (tertiary/aromatic N) is 2. The van der Waals surface area contributed by atoms with Crippen LogP contribution < -0.4 is 4.74 Å². The Labute approximate surface area is 195 Å². The van der Waals surface area contributed by atoms with Crippen molar-refractivity contribution in [3.63, 3.8) is 0 Å². The number of allylic oxidation sites excluding steroid dienone is 3. The van der Waals surface area contributed by atoms with Crippen molar-refractivity contribution >= 4 is 5.91 Å². The summed E-state index contributed by atoms with van der Waals surface area (Å²) in [5, 5.41) is 23.2. The van der Waals surface area contributed by atoms with Crippen LogP contribution in [0.25, 0.3) is 0 Å². The number of rotatable bonds is 5. The van der Waals surface area contributed by atoms with Crippen LogP contribution in [0.4, 0.5) is 0 Å². The lowest BCUT2D eigenvalue weighted by Gasteiger charge is -2.64. The van der Waals surface area contributed by atoms with Crippen LogP contribution >= 0.6 is 0 Å². The number of aliphatic hydroxyl groups is 1. The number of phenols is 1. The van der Waals surface area contributed by atoms with Gasteiger partial charge >= 0.3 is 0 Å². The largest absolute Gasteiger partial charge is 0.504 e. The highest BCUT2D eigenvalue weighted by molar-refractivity contribution is 5.88. The average molecular weight is 451 g/mol. The minimum atomic E-state index is -0.919. The van der Waals surface area contributed by atoms with Crippen LogP contribution in [0.15, 0.2) is 36.4 Å². The third-order valence-electron chi connectivity index (χ3n) is 9.12. The Balaban J connectivity index is 1.43. The van der Waals surface area contributed by atoms with Crippen molar-refractivity contribution in [1.29, 1.82) is 0 Å². The molecule has 1 aromatic rings. The standard InChI is InChI=1S/C27H34N2O4/c1-3-4-5-6-22(31)28(2)19-11-12-27(32)21-15-18-9-10-20(30)24-23(18)26(27,25(19)33-24)13-14-29(21)16-17-7-8-17/h3-6,9-10,17,19,21,25,30,32H,7-8,11-16H2,1-2H3/b4-3+,6-5+/t19-,21+,25+,26+,27-/m1/s1. The molecule has 33 heavy (non-hydrogen) atoms. The molecule has 2 bridgehead atoms. The van der Waals surface area contributed by atoms with E-state index in [1.54, 1.807) is 23.1 Å². The van der Waals surface area contributed by atoms with Gasteiger partial charge in [-0.25, -0.2) is 0 Å². The minimum Gasteiger partial charge on any atom is -0.504 e. The maximum atomic E-state index is 13.0. The third-order valence-corrected chi connectivity index (χ3v) is 9.12. The molecule has 0 aromatic heterocycles. The van der Waals surface area contributed by atoms with Crippen LogP contribution in [0.2, 0.25) is 0 Å². The molecule has 176 valence electrons. The summed E-state index contributed by atoms with van der Waals surface area (Å²) >= 11 is 0. The molecule has 5 atom stereocenters. The molecule has 2 saturated carbocycles. The molecule has 2 N–H and O–H groups in total. The second-order valence-electron chi connectivity index (χ2n) is 10.7. The maximum Gasteiger partial charge on any atom is 0.246 e. The molecule has 2 heterocycles. The van der Waals surface area contributed by atoms with Crippen LogP contribution in [-0.2, 0) is 16.6 Å². The van der Waals surface area contributed by atoms with Gasteiger partial charge in [0.2, 0.25) is 5.91 Å². The van der Waals surface area contributed by atoms with Gasteiger partial charge in [0.1, 0.15) is 6.10 Å². The van der Waals surface area contributed by atoms with Crippen molar-refractivity contribution in [2.45, 2.75) is 74.7 Å². The first-order valence-corrected chi connectivity index (χ1v) is 12.5. The van der Waals surface area contributed by atoms with E-state index in [0.717, 1.165) is 37.4 Å². The number of benzene rings is 1. The van der Waals surface area contributed by atoms with E-state index in [1.807, 2.05) is 32.2 Å². The van der Waals surface area contributed by atoms with Gasteiger partial charge in [-0.15, -0.1) is 0 Å². The number of likely N-dealkylation sites (tertiary alicyclic amines) is 1. The summed E-state index contributed by atoms with van der Waals surface area (Å²) in [6.07, 6.45) is 12.2. The molecule has 0 unspecified atom stereocenters. The zero-order valence-corrected chi connectivity index (χ0v) is 19.5. The van der Waals surface area contributed by atoms with E-state index in [9.17, 15) is 15.0 Å². The average Bonchev–Trinajstić information content (AvgIpc) is 3.54. The van der Waals surface area contributed by atoms with Gasteiger partial charge in [-0.2, -0.15) is 0 Å². The van der Waals surface area contributed by atoms with Crippen LogP contribution in [0, 0.1) is 5.92 Å². The van der Waals surface area contributed by atoms with Gasteiger partial charge < -0.3 is 19.8 Å². The Bertz CT molecular complexity index is 1050. The summed E-state index contributed by atoms with van der Waals surface area (Å²) < 4.78 is 6.55. The highest BCUT2D eigenvalue weighted by Gasteiger charge is 2.73. The van der Waals surface area contributed by atoms with E-state index in [0.29, 0.717) is 18.6 Å². The van der Waals surface area contributed by atoms with Crippen molar-refractivity contribution in [2.75, 3.05) is 20.1 Å². The summed E-state index contributed by atoms with van der Waals surface area (Å²) in [6, 6.07) is 3.64. The Kier molecular flexibility index (Phi) is 4.73. The summed E-state index contributed by atoms with van der Waals surface area (Å²) in [5.74, 6) is 1.36. The molecule has 6 nitrogen and oxygen atoms in total. The third kappa shape index (κ3) is 2.83. The molecular formula is C27H34N2O4. The molecule has 1 spiro atoms. The zero-order chi connectivity index (χ0) is 23.0. The maximum absolute atomic E-state index is 13.0. The van der Waals surface area contributed by atoms with Gasteiger partial charge in [0.15, 0.2) is 11.5 Å². The van der Waals surface area contributed by atoms with Crippen molar-refractivity contribution < 1.29 is 19.7 Å². The molecule has 1 amide bonds. The van der Waals surface area contributed by atoms with Gasteiger partial charge in [-0.1, -0.05) is 24.3 Å². The topological polar surface area (TPSA) is 73.2 Å². The molecular weight excluding hydrogens is 416 g/mol. The Morgan fingerprint density at radius 1 is 1.27 bits per heavy atom. The lowest BCUT2D eigenvalue weighted by atomic mass is 9.48. The van der Waals surface area contributed by atoms with E-state index in [2.05, 4.69) is 4.90 Å². The first-order chi connectivity index (χ1) is 15.9. The highest BCUT2D eigenvalue weighted by atomic mass is 16.5. The Morgan fingerprint density at radius 3 is 2.85 bits per heavy atom. The second kappa shape index (κ2) is 7.34. The quantitative estimate of drug-likeness (QED) is 0.533. The molecule has 1 saturated heterocycles. The Hall–Kier alpha value is -2.31. The van der Waals surface area contributed by atoms with E-state index in [4.69, 9.17) is 4.74 Å². The number of likely N-dealkylation sites (N-methyl/N-ethyl adjacent to an activating group) is 1. The molecule has 6 heteroatoms. The summed E-state index contributed by atoms with van der Waals surface area (Å²) in [4.78, 5) is 17.3. The summed E-state index contributed by atoms with van der Waals surface area (Å²) in [6.45, 7) is 3.90. The molecule has 3 fully saturated rings. The number of ether oxygens (including phenoxy) is 1. The van der Waals surface area contributed by atoms with Crippen LogP contribution in [0.3, 0.4) is 0 Å². The monoisotopic (exact) mass is 450 g/mol. The number of hydrogen-bond acceptors (Lipinski definition) is 5. The number of piperidine rings is 1. The first kappa shape index (κ1) is 21.2. The molecule has 5 aliphatic rings. The highest BCUT2D eigenvalue weighted by Crippen LogP contribution is 2.66. The van der Waals surface area contributed by atoms with Crippen molar-refractivity contribution in [3.05, 3.63) is 47.6 Å². The van der Waals surface area contributed by atoms with Crippen molar-refractivity contribution in [2.24, 2.45) is 5.92 Å². The summed E-state index contributed by atoms with van der Waals surface area (Å²) in [7, 11) is 1.84. The van der Waals surface area contributed by atoms with Gasteiger partial charge in [-0.3, -0.25) is 9.69 Å². The van der Waals surface area contributed by atoms with Gasteiger partial charge in [0, 0.05) is 31.3 Å². The SMILES string of the molecule is C/C=C/C=C/C(=O)N(C)[C@@H]1CC[C@@]2(O)[C@@H]3Cc4ccc(O)c5c4[C@@]2(CCN3CC2CC2)[C@H]1O5. The molecule has 3 aliphatic carbocycles. The van der Waals surface area contributed by atoms with Gasteiger partial charge in [0.25, 0.3) is 0 Å². The van der Waals surface area contributed by atoms with E-state index in [1.165, 1.54) is 18.4 Å². The number of carbonyl (C=O) groups excluding carboxylic acids is 1. The number of hydrogen-bond donors (Lipinski definition) is 2. The molecule has 1 aromatic carbocycles. The lowest BCUT2D eigenvalue weighted by molar-refractivity contribution is -0.200. The Morgan fingerprint density at radius 2 is 2.09 bits per heavy atom. The number of carbonyl (C=O) groups is 1. The molecule has 0 radical (unpaired) electrons. The predicted molar refractivity (Wildman–Crippen MR) is 125 cm³/mol. The number of phenolic OH excluding ortho intramolecular Hbond substituents is 1. The fraction of sp³-hybridized carbons (Fsp3) is 0.593. The minimum absolute atomic E-state index is 0.0532. The summed E-state index contributed by atoms with van der Waals surface area (Å²) in [5.41, 5.74) is 0.678. The second-order valence-corrected chi connectivity index (χ2v) is 10.7. The van der Waals surface area contributed by atoms with Crippen LogP contribution in [-0.4, -0.2) is 69.8 Å². The van der Waals surface area contributed by atoms with E-state index < -0.39 is 11.0 Å². The molecule has 6 rings (SSSR count). The fourth-order valence-electron chi connectivity index (χ4n) is 7.38. The van der Waals surface area contributed by atoms with E-state index >= 15 is 0 Å². The smallest absolute Gasteiger partial charge is 0.246 e. The molecule has 2 aliphatic heterocycles. The van der Waals surface area contributed by atoms with E-state index in [-0.39, 0.29) is 29.8 Å². The predicted octanol–water partition coefficient (Wildman–Crippen LogP) is 2.92. The lowest BCUT2D eigenvalue weighted by Crippen LogP contribution is -2.78. The van der Waals surface area contributed by atoms with Gasteiger partial charge in [0.05, 0.1) is 17.1 Å². The van der Waals surface area contributed by atoms with Crippen molar-refractivity contribution in [3.8, 4) is 11.5 Å². The van der Waals surface area contributed by atoms with Crippen molar-refractivity contribution in [1.82, 2.24) is 9.80 Å². The van der Waals surface area contributed by atoms with Crippen LogP contribution in [0.1, 0.15) is 50.2 Å².